The van der Waals surface area contributed by atoms with Crippen LogP contribution in [0.15, 0.2) is 10.7 Å². The van der Waals surface area contributed by atoms with Crippen LogP contribution in [0.2, 0.25) is 0 Å². The van der Waals surface area contributed by atoms with E-state index in [1.807, 2.05) is 20.2 Å². The lowest BCUT2D eigenvalue weighted by Crippen LogP contribution is -2.22. The molecule has 0 aliphatic carbocycles. The molecule has 19 heavy (non-hydrogen) atoms. The molecule has 2 aromatic rings. The van der Waals surface area contributed by atoms with E-state index in [4.69, 9.17) is 0 Å². The van der Waals surface area contributed by atoms with E-state index in [0.29, 0.717) is 0 Å². The molecule has 0 spiro atoms. The summed E-state index contributed by atoms with van der Waals surface area (Å²) in [5.74, 6) is 0. The molecule has 1 N–H and O–H groups in total. The van der Waals surface area contributed by atoms with Crippen molar-refractivity contribution in [3.8, 4) is 0 Å². The van der Waals surface area contributed by atoms with Crippen LogP contribution in [0.25, 0.3) is 0 Å². The van der Waals surface area contributed by atoms with Gasteiger partial charge < -0.3 is 5.32 Å². The summed E-state index contributed by atoms with van der Waals surface area (Å²) in [6, 6.07) is 0.134. The zero-order chi connectivity index (χ0) is 14.0. The highest BCUT2D eigenvalue weighted by molar-refractivity contribution is 9.10. The van der Waals surface area contributed by atoms with Crippen molar-refractivity contribution in [1.82, 2.24) is 20.1 Å². The largest absolute Gasteiger partial charge is 0.307 e. The normalized spacial score (nSPS) is 12.9. The van der Waals surface area contributed by atoms with Gasteiger partial charge in [-0.1, -0.05) is 6.92 Å². The van der Waals surface area contributed by atoms with E-state index in [9.17, 15) is 0 Å². The standard InChI is InChI=1S/C13H19BrN4S/c1-5-6-18-12(10(14)7-16-18)11(15-4)13-8(2)17-9(3)19-13/h7,11,15H,5-6H2,1-4H3. The molecule has 0 saturated heterocycles. The van der Waals surface area contributed by atoms with Gasteiger partial charge in [0.15, 0.2) is 0 Å². The van der Waals surface area contributed by atoms with Crippen LogP contribution in [0.3, 0.4) is 0 Å². The van der Waals surface area contributed by atoms with Gasteiger partial charge in [0.2, 0.25) is 0 Å². The van der Waals surface area contributed by atoms with Crippen molar-refractivity contribution >= 4 is 27.3 Å². The van der Waals surface area contributed by atoms with Gasteiger partial charge in [0.25, 0.3) is 0 Å². The predicted molar refractivity (Wildman–Crippen MR) is 82.7 cm³/mol. The van der Waals surface area contributed by atoms with Gasteiger partial charge in [-0.15, -0.1) is 11.3 Å². The molecule has 2 aromatic heterocycles. The molecule has 0 aliphatic rings. The third-order valence-electron chi connectivity index (χ3n) is 3.03. The lowest BCUT2D eigenvalue weighted by molar-refractivity contribution is 0.535. The van der Waals surface area contributed by atoms with E-state index in [1.165, 1.54) is 10.6 Å². The fourth-order valence-corrected chi connectivity index (χ4v) is 3.82. The Hall–Kier alpha value is -0.720. The number of hydrogen-bond acceptors (Lipinski definition) is 4. The summed E-state index contributed by atoms with van der Waals surface area (Å²) in [4.78, 5) is 5.79. The van der Waals surface area contributed by atoms with Crippen LogP contribution in [0.5, 0.6) is 0 Å². The zero-order valence-electron chi connectivity index (χ0n) is 11.7. The van der Waals surface area contributed by atoms with Gasteiger partial charge in [-0.3, -0.25) is 4.68 Å². The van der Waals surface area contributed by atoms with Gasteiger partial charge in [0.1, 0.15) is 0 Å². The van der Waals surface area contributed by atoms with Gasteiger partial charge in [-0.2, -0.15) is 5.10 Å². The topological polar surface area (TPSA) is 42.7 Å². The van der Waals surface area contributed by atoms with Crippen molar-refractivity contribution < 1.29 is 0 Å². The first kappa shape index (κ1) is 14.7. The number of aryl methyl sites for hydroxylation is 3. The highest BCUT2D eigenvalue weighted by Crippen LogP contribution is 2.33. The highest BCUT2D eigenvalue weighted by atomic mass is 79.9. The summed E-state index contributed by atoms with van der Waals surface area (Å²) in [7, 11) is 1.98. The molecule has 2 rings (SSSR count). The predicted octanol–water partition coefficient (Wildman–Crippen LogP) is 3.44. The van der Waals surface area contributed by atoms with Crippen molar-refractivity contribution in [3.05, 3.63) is 31.9 Å². The van der Waals surface area contributed by atoms with Crippen LogP contribution >= 0.6 is 27.3 Å². The van der Waals surface area contributed by atoms with E-state index >= 15 is 0 Å². The van der Waals surface area contributed by atoms with Gasteiger partial charge in [0, 0.05) is 6.54 Å². The Balaban J connectivity index is 2.47. The molecule has 6 heteroatoms. The summed E-state index contributed by atoms with van der Waals surface area (Å²) in [6.45, 7) is 7.20. The Kier molecular flexibility index (Phi) is 4.76. The van der Waals surface area contributed by atoms with Crippen molar-refractivity contribution in [2.45, 2.75) is 39.8 Å². The van der Waals surface area contributed by atoms with Crippen molar-refractivity contribution in [2.75, 3.05) is 7.05 Å². The van der Waals surface area contributed by atoms with E-state index in [-0.39, 0.29) is 6.04 Å². The SMILES string of the molecule is CCCn1ncc(Br)c1C(NC)c1sc(C)nc1C. The maximum atomic E-state index is 4.53. The second kappa shape index (κ2) is 6.15. The fraction of sp³-hybridized carbons (Fsp3) is 0.538. The van der Waals surface area contributed by atoms with Crippen molar-refractivity contribution in [3.63, 3.8) is 0 Å². The van der Waals surface area contributed by atoms with E-state index < -0.39 is 0 Å². The highest BCUT2D eigenvalue weighted by Gasteiger charge is 2.24. The molecule has 0 aliphatic heterocycles. The minimum Gasteiger partial charge on any atom is -0.307 e. The summed E-state index contributed by atoms with van der Waals surface area (Å²) >= 11 is 5.36. The number of hydrogen-bond donors (Lipinski definition) is 1. The maximum Gasteiger partial charge on any atom is 0.0900 e. The Morgan fingerprint density at radius 1 is 1.47 bits per heavy atom. The summed E-state index contributed by atoms with van der Waals surface area (Å²) < 4.78 is 3.12. The molecule has 104 valence electrons. The Labute approximate surface area is 126 Å². The zero-order valence-corrected chi connectivity index (χ0v) is 14.1. The number of nitrogens with zero attached hydrogens (tertiary/aromatic N) is 3. The number of thiazole rings is 1. The quantitative estimate of drug-likeness (QED) is 0.904. The van der Waals surface area contributed by atoms with E-state index in [0.717, 1.165) is 28.1 Å². The summed E-state index contributed by atoms with van der Waals surface area (Å²) in [5, 5.41) is 8.95. The molecule has 2 heterocycles. The summed E-state index contributed by atoms with van der Waals surface area (Å²) in [5.41, 5.74) is 2.27. The van der Waals surface area contributed by atoms with Gasteiger partial charge in [0.05, 0.1) is 38.0 Å². The van der Waals surface area contributed by atoms with Crippen LogP contribution in [0, 0.1) is 13.8 Å². The molecule has 0 aromatic carbocycles. The van der Waals surface area contributed by atoms with Gasteiger partial charge >= 0.3 is 0 Å². The number of rotatable bonds is 5. The molecule has 0 fully saturated rings. The molecule has 1 atom stereocenters. The number of halogens is 1. The van der Waals surface area contributed by atoms with Crippen LogP contribution in [-0.4, -0.2) is 21.8 Å². The van der Waals surface area contributed by atoms with Crippen molar-refractivity contribution in [1.29, 1.82) is 0 Å². The first-order chi connectivity index (χ1) is 9.08. The van der Waals surface area contributed by atoms with Crippen LogP contribution < -0.4 is 5.32 Å². The average Bonchev–Trinajstić information content (AvgIpc) is 2.87. The molecular formula is C13H19BrN4S. The Morgan fingerprint density at radius 2 is 2.21 bits per heavy atom. The Morgan fingerprint density at radius 3 is 2.74 bits per heavy atom. The lowest BCUT2D eigenvalue weighted by Gasteiger charge is -2.18. The molecule has 0 saturated carbocycles. The molecule has 1 unspecified atom stereocenters. The molecule has 0 bridgehead atoms. The minimum atomic E-state index is 0.134. The third-order valence-corrected chi connectivity index (χ3v) is 4.78. The first-order valence-electron chi connectivity index (χ1n) is 6.40. The monoisotopic (exact) mass is 342 g/mol. The second-order valence-electron chi connectivity index (χ2n) is 4.51. The first-order valence-corrected chi connectivity index (χ1v) is 8.01. The Bertz CT molecular complexity index is 561. The third kappa shape index (κ3) is 2.90. The number of nitrogens with one attached hydrogen (secondary N) is 1. The van der Waals surface area contributed by atoms with E-state index in [1.54, 1.807) is 11.3 Å². The van der Waals surface area contributed by atoms with Crippen LogP contribution in [0.4, 0.5) is 0 Å². The van der Waals surface area contributed by atoms with Crippen molar-refractivity contribution in [2.24, 2.45) is 0 Å². The van der Waals surface area contributed by atoms with E-state index in [2.05, 4.69) is 49.9 Å². The number of aromatic nitrogens is 3. The molecular weight excluding hydrogens is 324 g/mol. The molecule has 0 radical (unpaired) electrons. The molecule has 4 nitrogen and oxygen atoms in total. The lowest BCUT2D eigenvalue weighted by atomic mass is 10.1. The smallest absolute Gasteiger partial charge is 0.0900 e. The van der Waals surface area contributed by atoms with Crippen LogP contribution in [0.1, 0.15) is 40.7 Å². The maximum absolute atomic E-state index is 4.53. The van der Waals surface area contributed by atoms with Gasteiger partial charge in [-0.25, -0.2) is 4.98 Å². The molecule has 0 amide bonds. The van der Waals surface area contributed by atoms with Crippen LogP contribution in [-0.2, 0) is 6.54 Å². The minimum absolute atomic E-state index is 0.134. The second-order valence-corrected chi connectivity index (χ2v) is 6.59. The summed E-state index contributed by atoms with van der Waals surface area (Å²) in [6.07, 6.45) is 2.94. The average molecular weight is 343 g/mol. The fourth-order valence-electron chi connectivity index (χ4n) is 2.26. The van der Waals surface area contributed by atoms with Gasteiger partial charge in [-0.05, 0) is 43.2 Å².